The zero-order chi connectivity index (χ0) is 21.1. The first-order chi connectivity index (χ1) is 14.5. The van der Waals surface area contributed by atoms with Gasteiger partial charge in [-0.05, 0) is 54.2 Å². The van der Waals surface area contributed by atoms with E-state index in [1.807, 2.05) is 0 Å². The maximum absolute atomic E-state index is 12.9. The van der Waals surface area contributed by atoms with Gasteiger partial charge in [0.05, 0.1) is 21.4 Å². The zero-order valence-corrected chi connectivity index (χ0v) is 16.6. The molecular formula is C19H11FN4O4S2. The van der Waals surface area contributed by atoms with Crippen molar-refractivity contribution < 1.29 is 18.5 Å². The predicted molar refractivity (Wildman–Crippen MR) is 111 cm³/mol. The number of nitrogens with one attached hydrogen (secondary N) is 1. The van der Waals surface area contributed by atoms with Crippen LogP contribution >= 0.6 is 23.1 Å². The molecule has 1 N–H and O–H groups in total. The molecule has 150 valence electrons. The summed E-state index contributed by atoms with van der Waals surface area (Å²) in [6, 6.07) is 13.0. The molecule has 8 nitrogen and oxygen atoms in total. The number of aromatic nitrogens is 1. The summed E-state index contributed by atoms with van der Waals surface area (Å²) in [6.45, 7) is 0. The van der Waals surface area contributed by atoms with E-state index in [1.165, 1.54) is 65.7 Å². The number of furan rings is 1. The molecule has 0 radical (unpaired) electrons. The van der Waals surface area contributed by atoms with Crippen molar-refractivity contribution >= 4 is 51.1 Å². The molecule has 0 saturated carbocycles. The van der Waals surface area contributed by atoms with Gasteiger partial charge in [0.25, 0.3) is 11.6 Å². The molecule has 11 heteroatoms. The second-order valence-electron chi connectivity index (χ2n) is 5.85. The van der Waals surface area contributed by atoms with Gasteiger partial charge in [0.1, 0.15) is 11.6 Å². The number of non-ortho nitro benzene ring substituents is 1. The lowest BCUT2D eigenvalue weighted by Crippen LogP contribution is -2.17. The number of fused-ring (bicyclic) bond motifs is 1. The normalized spacial score (nSPS) is 11.2. The van der Waals surface area contributed by atoms with E-state index in [0.29, 0.717) is 25.4 Å². The monoisotopic (exact) mass is 442 g/mol. The minimum atomic E-state index is -0.476. The highest BCUT2D eigenvalue weighted by molar-refractivity contribution is 8.01. The minimum Gasteiger partial charge on any atom is -0.448 e. The van der Waals surface area contributed by atoms with E-state index in [0.717, 1.165) is 0 Å². The molecule has 4 rings (SSSR count). The summed E-state index contributed by atoms with van der Waals surface area (Å²) >= 11 is 2.60. The Kier molecular flexibility index (Phi) is 5.55. The highest BCUT2D eigenvalue weighted by atomic mass is 32.2. The fourth-order valence-corrected chi connectivity index (χ4v) is 4.42. The first-order valence-corrected chi connectivity index (χ1v) is 10.0. The lowest BCUT2D eigenvalue weighted by Gasteiger charge is -1.98. The van der Waals surface area contributed by atoms with Crippen molar-refractivity contribution in [1.82, 2.24) is 10.4 Å². The van der Waals surface area contributed by atoms with Gasteiger partial charge in [-0.25, -0.2) is 14.8 Å². The molecule has 2 heterocycles. The molecule has 0 saturated heterocycles. The van der Waals surface area contributed by atoms with Crippen LogP contribution in [0.15, 0.2) is 73.5 Å². The lowest BCUT2D eigenvalue weighted by molar-refractivity contribution is -0.384. The van der Waals surface area contributed by atoms with Crippen molar-refractivity contribution in [2.24, 2.45) is 5.10 Å². The number of nitro groups is 1. The van der Waals surface area contributed by atoms with Crippen molar-refractivity contribution in [3.63, 3.8) is 0 Å². The molecule has 0 atom stereocenters. The Morgan fingerprint density at radius 1 is 1.23 bits per heavy atom. The Morgan fingerprint density at radius 2 is 2.03 bits per heavy atom. The van der Waals surface area contributed by atoms with Crippen LogP contribution in [0.1, 0.15) is 16.1 Å². The number of nitrogens with zero attached hydrogens (tertiary/aromatic N) is 3. The second-order valence-corrected chi connectivity index (χ2v) is 8.14. The summed E-state index contributed by atoms with van der Waals surface area (Å²) in [7, 11) is 0. The first kappa shape index (κ1) is 19.7. The smallest absolute Gasteiger partial charge is 0.271 e. The van der Waals surface area contributed by atoms with Crippen LogP contribution in [0.25, 0.3) is 10.2 Å². The Morgan fingerprint density at radius 3 is 2.80 bits per heavy atom. The Bertz CT molecular complexity index is 1270. The maximum atomic E-state index is 12.9. The van der Waals surface area contributed by atoms with Gasteiger partial charge in [-0.2, -0.15) is 5.10 Å². The van der Waals surface area contributed by atoms with Crippen molar-refractivity contribution in [2.45, 2.75) is 9.43 Å². The summed E-state index contributed by atoms with van der Waals surface area (Å²) in [5, 5.41) is 15.3. The highest BCUT2D eigenvalue weighted by Crippen LogP contribution is 2.36. The SMILES string of the molecule is O=C(NN=Cc1ccc(Sc2nc3ccc([N+](=O)[O-])cc3s2)o1)c1ccc(F)cc1. The molecule has 0 unspecified atom stereocenters. The number of nitro benzene ring substituents is 1. The van der Waals surface area contributed by atoms with Gasteiger partial charge < -0.3 is 4.42 Å². The number of hydrazone groups is 1. The maximum Gasteiger partial charge on any atom is 0.271 e. The van der Waals surface area contributed by atoms with Crippen molar-refractivity contribution in [3.05, 3.63) is 81.9 Å². The van der Waals surface area contributed by atoms with Crippen molar-refractivity contribution in [2.75, 3.05) is 0 Å². The molecule has 4 aromatic rings. The number of rotatable bonds is 6. The molecule has 0 aliphatic carbocycles. The molecular weight excluding hydrogens is 431 g/mol. The van der Waals surface area contributed by atoms with E-state index in [4.69, 9.17) is 4.42 Å². The van der Waals surface area contributed by atoms with Gasteiger partial charge in [-0.15, -0.1) is 11.3 Å². The predicted octanol–water partition coefficient (Wildman–Crippen LogP) is 4.85. The number of benzene rings is 2. The fourth-order valence-electron chi connectivity index (χ4n) is 2.41. The van der Waals surface area contributed by atoms with E-state index >= 15 is 0 Å². The second kappa shape index (κ2) is 8.43. The van der Waals surface area contributed by atoms with E-state index in [-0.39, 0.29) is 11.3 Å². The first-order valence-electron chi connectivity index (χ1n) is 8.39. The Balaban J connectivity index is 1.39. The van der Waals surface area contributed by atoms with Gasteiger partial charge in [0.2, 0.25) is 0 Å². The van der Waals surface area contributed by atoms with E-state index in [9.17, 15) is 19.3 Å². The Labute approximate surface area is 176 Å². The Hall–Kier alpha value is -3.57. The number of hydrogen-bond donors (Lipinski definition) is 1. The molecule has 1 amide bonds. The van der Waals surface area contributed by atoms with Crippen LogP contribution < -0.4 is 5.43 Å². The number of carbonyl (C=O) groups is 1. The average molecular weight is 442 g/mol. The van der Waals surface area contributed by atoms with Gasteiger partial charge in [-0.3, -0.25) is 14.9 Å². The summed E-state index contributed by atoms with van der Waals surface area (Å²) in [6.07, 6.45) is 1.34. The van der Waals surface area contributed by atoms with Gasteiger partial charge in [0.15, 0.2) is 9.43 Å². The molecule has 0 aliphatic heterocycles. The number of hydrogen-bond acceptors (Lipinski definition) is 8. The summed E-state index contributed by atoms with van der Waals surface area (Å²) in [5.74, 6) is -0.494. The van der Waals surface area contributed by atoms with E-state index in [1.54, 1.807) is 18.2 Å². The average Bonchev–Trinajstić information content (AvgIpc) is 3.34. The minimum absolute atomic E-state index is 0.0156. The van der Waals surface area contributed by atoms with Crippen LogP contribution in [0, 0.1) is 15.9 Å². The van der Waals surface area contributed by atoms with E-state index in [2.05, 4.69) is 15.5 Å². The third kappa shape index (κ3) is 4.53. The zero-order valence-electron chi connectivity index (χ0n) is 14.9. The molecule has 2 aromatic heterocycles. The quantitative estimate of drug-likeness (QED) is 0.260. The van der Waals surface area contributed by atoms with Gasteiger partial charge in [0, 0.05) is 17.7 Å². The summed E-state index contributed by atoms with van der Waals surface area (Å²) < 4.78 is 19.9. The summed E-state index contributed by atoms with van der Waals surface area (Å²) in [5.41, 5.74) is 3.30. The van der Waals surface area contributed by atoms with Crippen LogP contribution in [0.5, 0.6) is 0 Å². The summed E-state index contributed by atoms with van der Waals surface area (Å²) in [4.78, 5) is 26.8. The highest BCUT2D eigenvalue weighted by Gasteiger charge is 2.12. The number of amides is 1. The topological polar surface area (TPSA) is 111 Å². The van der Waals surface area contributed by atoms with Crippen molar-refractivity contribution in [1.29, 1.82) is 0 Å². The molecule has 0 fully saturated rings. The van der Waals surface area contributed by atoms with Crippen LogP contribution in [0.4, 0.5) is 10.1 Å². The number of carbonyl (C=O) groups excluding carboxylic acids is 1. The lowest BCUT2D eigenvalue weighted by atomic mass is 10.2. The van der Waals surface area contributed by atoms with Crippen LogP contribution in [-0.2, 0) is 0 Å². The van der Waals surface area contributed by atoms with E-state index < -0.39 is 16.6 Å². The molecule has 0 bridgehead atoms. The molecule has 0 spiro atoms. The molecule has 2 aromatic carbocycles. The largest absolute Gasteiger partial charge is 0.448 e. The standard InChI is InChI=1S/C19H11FN4O4S2/c20-12-3-1-11(2-4-12)18(25)23-21-10-14-6-8-17(28-14)30-19-22-15-7-5-13(24(26)27)9-16(15)29-19/h1-10H,(H,23,25). The van der Waals surface area contributed by atoms with Crippen LogP contribution in [0.2, 0.25) is 0 Å². The third-order valence-corrected chi connectivity index (χ3v) is 5.82. The van der Waals surface area contributed by atoms with Crippen molar-refractivity contribution in [3.8, 4) is 0 Å². The van der Waals surface area contributed by atoms with Crippen LogP contribution in [-0.4, -0.2) is 22.0 Å². The van der Waals surface area contributed by atoms with Crippen LogP contribution in [0.3, 0.4) is 0 Å². The number of halogens is 1. The molecule has 0 aliphatic rings. The van der Waals surface area contributed by atoms with Gasteiger partial charge in [-0.1, -0.05) is 0 Å². The number of thiazole rings is 1. The third-order valence-electron chi connectivity index (χ3n) is 3.82. The van der Waals surface area contributed by atoms with Gasteiger partial charge >= 0.3 is 0 Å². The fraction of sp³-hybridized carbons (Fsp3) is 0. The molecule has 30 heavy (non-hydrogen) atoms.